The summed E-state index contributed by atoms with van der Waals surface area (Å²) < 4.78 is 11.8. The number of fused-ring (bicyclic) bond motifs is 1. The number of ether oxygens (including phenoxy) is 2. The van der Waals surface area contributed by atoms with Crippen molar-refractivity contribution in [3.8, 4) is 22.6 Å². The summed E-state index contributed by atoms with van der Waals surface area (Å²) in [5.74, 6) is 0.351. The third kappa shape index (κ3) is 4.69. The molecule has 188 valence electrons. The van der Waals surface area contributed by atoms with Gasteiger partial charge in [-0.1, -0.05) is 83.5 Å². The number of carboxylic acids is 1. The zero-order chi connectivity index (χ0) is 26.1. The molecule has 4 aromatic rings. The predicted octanol–water partition coefficient (Wildman–Crippen LogP) is 7.77. The Morgan fingerprint density at radius 3 is 2.14 bits per heavy atom. The number of nitrogens with one attached hydrogen (secondary N) is 1. The van der Waals surface area contributed by atoms with Crippen LogP contribution in [0.2, 0.25) is 0 Å². The van der Waals surface area contributed by atoms with Crippen LogP contribution in [0.5, 0.6) is 11.5 Å². The molecule has 6 heteroatoms. The molecular weight excluding hydrogens is 530 g/mol. The molecule has 0 aromatic heterocycles. The van der Waals surface area contributed by atoms with E-state index in [2.05, 4.69) is 64.6 Å². The van der Waals surface area contributed by atoms with Crippen LogP contribution < -0.4 is 14.8 Å². The molecule has 1 heterocycles. The van der Waals surface area contributed by atoms with Gasteiger partial charge < -0.3 is 19.9 Å². The molecule has 0 radical (unpaired) electrons. The predicted molar refractivity (Wildman–Crippen MR) is 150 cm³/mol. The first kappa shape index (κ1) is 24.9. The number of rotatable bonds is 6. The van der Waals surface area contributed by atoms with Crippen LogP contribution in [-0.4, -0.2) is 25.3 Å². The first-order valence-electron chi connectivity index (χ1n) is 12.1. The number of halogens is 1. The number of benzene rings is 4. The van der Waals surface area contributed by atoms with E-state index in [0.29, 0.717) is 17.2 Å². The largest absolute Gasteiger partial charge is 0.493 e. The van der Waals surface area contributed by atoms with Gasteiger partial charge >= 0.3 is 5.97 Å². The molecule has 5 rings (SSSR count). The second-order valence-electron chi connectivity index (χ2n) is 9.28. The number of anilines is 1. The quantitative estimate of drug-likeness (QED) is 0.253. The van der Waals surface area contributed by atoms with Gasteiger partial charge in [0.1, 0.15) is 0 Å². The van der Waals surface area contributed by atoms with Gasteiger partial charge in [-0.15, -0.1) is 0 Å². The van der Waals surface area contributed by atoms with E-state index >= 15 is 0 Å². The summed E-state index contributed by atoms with van der Waals surface area (Å²) in [5.41, 5.74) is 6.25. The van der Waals surface area contributed by atoms with Gasteiger partial charge in [0.25, 0.3) is 0 Å². The van der Waals surface area contributed by atoms with Gasteiger partial charge in [-0.05, 0) is 58.0 Å². The van der Waals surface area contributed by atoms with E-state index in [4.69, 9.17) is 9.47 Å². The van der Waals surface area contributed by atoms with Crippen LogP contribution in [0.3, 0.4) is 0 Å². The number of hydrogen-bond donors (Lipinski definition) is 2. The van der Waals surface area contributed by atoms with Crippen LogP contribution in [0, 0.1) is 5.92 Å². The van der Waals surface area contributed by atoms with Crippen molar-refractivity contribution >= 4 is 27.6 Å². The monoisotopic (exact) mass is 557 g/mol. The number of carboxylic acid groups (broad SMARTS) is 1. The summed E-state index contributed by atoms with van der Waals surface area (Å²) >= 11 is 3.53. The summed E-state index contributed by atoms with van der Waals surface area (Å²) in [6.45, 7) is 2.20. The van der Waals surface area contributed by atoms with Gasteiger partial charge in [-0.2, -0.15) is 0 Å². The van der Waals surface area contributed by atoms with Crippen LogP contribution in [0.15, 0.2) is 89.4 Å². The molecule has 37 heavy (non-hydrogen) atoms. The lowest BCUT2D eigenvalue weighted by Gasteiger charge is -2.40. The molecule has 1 aliphatic rings. The molecule has 1 aliphatic heterocycles. The van der Waals surface area contributed by atoms with Crippen LogP contribution >= 0.6 is 15.9 Å². The molecule has 4 aromatic carbocycles. The summed E-state index contributed by atoms with van der Waals surface area (Å²) in [6.07, 6.45) is 0. The molecule has 0 unspecified atom stereocenters. The summed E-state index contributed by atoms with van der Waals surface area (Å²) in [4.78, 5) is 12.3. The Morgan fingerprint density at radius 1 is 0.838 bits per heavy atom. The molecule has 0 amide bonds. The van der Waals surface area contributed by atoms with Crippen molar-refractivity contribution in [2.75, 3.05) is 19.5 Å². The van der Waals surface area contributed by atoms with Crippen molar-refractivity contribution in [2.24, 2.45) is 5.92 Å². The van der Waals surface area contributed by atoms with Crippen LogP contribution in [-0.2, 0) is 0 Å². The zero-order valence-corrected chi connectivity index (χ0v) is 22.5. The van der Waals surface area contributed by atoms with E-state index in [-0.39, 0.29) is 23.4 Å². The Kier molecular flexibility index (Phi) is 6.94. The minimum Gasteiger partial charge on any atom is -0.493 e. The fraction of sp³-hybridized carbons (Fsp3) is 0.194. The highest BCUT2D eigenvalue weighted by atomic mass is 79.9. The van der Waals surface area contributed by atoms with Gasteiger partial charge in [0.15, 0.2) is 11.5 Å². The normalized spacial score (nSPS) is 18.4. The summed E-state index contributed by atoms with van der Waals surface area (Å²) in [5, 5.41) is 13.7. The van der Waals surface area contributed by atoms with E-state index in [1.807, 2.05) is 42.5 Å². The molecule has 0 bridgehead atoms. The third-order valence-corrected chi connectivity index (χ3v) is 7.65. The van der Waals surface area contributed by atoms with Crippen molar-refractivity contribution in [3.63, 3.8) is 0 Å². The van der Waals surface area contributed by atoms with E-state index in [1.165, 1.54) is 0 Å². The Labute approximate surface area is 225 Å². The number of hydrogen-bond acceptors (Lipinski definition) is 4. The Hall–Kier alpha value is -3.77. The van der Waals surface area contributed by atoms with Crippen molar-refractivity contribution in [1.82, 2.24) is 0 Å². The van der Waals surface area contributed by atoms with Gasteiger partial charge in [0, 0.05) is 10.4 Å². The third-order valence-electron chi connectivity index (χ3n) is 7.19. The topological polar surface area (TPSA) is 67.8 Å². The average molecular weight is 558 g/mol. The fourth-order valence-electron chi connectivity index (χ4n) is 5.40. The maximum absolute atomic E-state index is 12.3. The first-order chi connectivity index (χ1) is 17.9. The van der Waals surface area contributed by atoms with Gasteiger partial charge in [-0.25, -0.2) is 4.79 Å². The standard InChI is InChI=1S/C31H28BrNO4/c1-18-28(22-13-14-26(36-2)27(15-22)37-3)24-16-23(32)17-25(31(34)35)30(24)33-29(18)21-11-9-20(10-12-21)19-7-5-4-6-8-19/h4-18,28-29,33H,1-3H3,(H,34,35)/t18-,28-,29-/m0/s1. The summed E-state index contributed by atoms with van der Waals surface area (Å²) in [6, 6.07) is 28.3. The molecule has 0 saturated carbocycles. The molecule has 5 nitrogen and oxygen atoms in total. The molecule has 3 atom stereocenters. The second kappa shape index (κ2) is 10.3. The van der Waals surface area contributed by atoms with E-state index in [0.717, 1.165) is 32.3 Å². The smallest absolute Gasteiger partial charge is 0.337 e. The lowest BCUT2D eigenvalue weighted by atomic mass is 9.72. The lowest BCUT2D eigenvalue weighted by molar-refractivity contribution is 0.0697. The summed E-state index contributed by atoms with van der Waals surface area (Å²) in [7, 11) is 3.24. The molecule has 0 aliphatic carbocycles. The van der Waals surface area contributed by atoms with Gasteiger partial charge in [0.05, 0.1) is 31.5 Å². The Bertz CT molecular complexity index is 1440. The van der Waals surface area contributed by atoms with Gasteiger partial charge in [0.2, 0.25) is 0 Å². The van der Waals surface area contributed by atoms with Crippen molar-refractivity contribution in [2.45, 2.75) is 18.9 Å². The Morgan fingerprint density at radius 2 is 1.49 bits per heavy atom. The maximum Gasteiger partial charge on any atom is 0.337 e. The molecule has 2 N–H and O–H groups in total. The fourth-order valence-corrected chi connectivity index (χ4v) is 5.87. The minimum absolute atomic E-state index is 0.0783. The number of methoxy groups -OCH3 is 2. The van der Waals surface area contributed by atoms with Crippen molar-refractivity contribution < 1.29 is 19.4 Å². The number of carbonyl (C=O) groups is 1. The van der Waals surface area contributed by atoms with E-state index in [1.54, 1.807) is 20.3 Å². The highest BCUT2D eigenvalue weighted by Crippen LogP contribution is 2.50. The van der Waals surface area contributed by atoms with Gasteiger partial charge in [-0.3, -0.25) is 0 Å². The second-order valence-corrected chi connectivity index (χ2v) is 10.2. The molecular formula is C31H28BrNO4. The highest BCUT2D eigenvalue weighted by molar-refractivity contribution is 9.10. The average Bonchev–Trinajstić information content (AvgIpc) is 2.92. The molecule has 0 saturated heterocycles. The zero-order valence-electron chi connectivity index (χ0n) is 20.9. The van der Waals surface area contributed by atoms with E-state index in [9.17, 15) is 9.90 Å². The van der Waals surface area contributed by atoms with E-state index < -0.39 is 5.97 Å². The highest BCUT2D eigenvalue weighted by Gasteiger charge is 2.38. The lowest BCUT2D eigenvalue weighted by Crippen LogP contribution is -2.32. The van der Waals surface area contributed by atoms with Crippen LogP contribution in [0.1, 0.15) is 45.9 Å². The maximum atomic E-state index is 12.3. The van der Waals surface area contributed by atoms with Crippen molar-refractivity contribution in [3.05, 3.63) is 112 Å². The minimum atomic E-state index is -0.969. The Balaban J connectivity index is 1.63. The SMILES string of the molecule is COc1ccc([C@H]2c3cc(Br)cc(C(=O)O)c3N[C@H](c3ccc(-c4ccccc4)cc3)[C@H]2C)cc1OC. The molecule has 0 fully saturated rings. The first-order valence-corrected chi connectivity index (χ1v) is 12.9. The van der Waals surface area contributed by atoms with Crippen molar-refractivity contribution in [1.29, 1.82) is 0 Å². The number of aromatic carboxylic acids is 1. The van der Waals surface area contributed by atoms with Crippen LogP contribution in [0.25, 0.3) is 11.1 Å². The van der Waals surface area contributed by atoms with Crippen LogP contribution in [0.4, 0.5) is 5.69 Å². The molecule has 0 spiro atoms.